The topological polar surface area (TPSA) is 76.1 Å². The van der Waals surface area contributed by atoms with Crippen molar-refractivity contribution in [3.63, 3.8) is 0 Å². The SMILES string of the molecule is Cl.O=C(Nc1nnc(-c2ccccc2Cl)s1)C1COCCN1. The Hall–Kier alpha value is -1.25. The smallest absolute Gasteiger partial charge is 0.245 e. The largest absolute Gasteiger partial charge is 0.378 e. The molecule has 3 rings (SSSR count). The fraction of sp³-hybridized carbons (Fsp3) is 0.308. The van der Waals surface area contributed by atoms with Crippen LogP contribution in [0.25, 0.3) is 10.6 Å². The van der Waals surface area contributed by atoms with E-state index in [2.05, 4.69) is 20.8 Å². The highest BCUT2D eigenvalue weighted by molar-refractivity contribution is 7.18. The fourth-order valence-electron chi connectivity index (χ4n) is 1.94. The third-order valence-corrected chi connectivity index (χ3v) is 4.20. The highest BCUT2D eigenvalue weighted by atomic mass is 35.5. The van der Waals surface area contributed by atoms with Crippen molar-refractivity contribution in [1.82, 2.24) is 15.5 Å². The van der Waals surface area contributed by atoms with Crippen molar-refractivity contribution in [3.05, 3.63) is 29.3 Å². The first-order valence-electron chi connectivity index (χ1n) is 6.44. The minimum Gasteiger partial charge on any atom is -0.378 e. The van der Waals surface area contributed by atoms with E-state index in [9.17, 15) is 4.79 Å². The van der Waals surface area contributed by atoms with Gasteiger partial charge in [-0.15, -0.1) is 22.6 Å². The Morgan fingerprint density at radius 3 is 2.95 bits per heavy atom. The van der Waals surface area contributed by atoms with Gasteiger partial charge in [0.05, 0.1) is 18.2 Å². The van der Waals surface area contributed by atoms with Crippen molar-refractivity contribution < 1.29 is 9.53 Å². The maximum atomic E-state index is 12.0. The molecule has 2 aromatic rings. The molecule has 0 saturated carbocycles. The fourth-order valence-corrected chi connectivity index (χ4v) is 3.01. The second kappa shape index (κ2) is 7.85. The van der Waals surface area contributed by atoms with E-state index in [1.807, 2.05) is 18.2 Å². The van der Waals surface area contributed by atoms with Gasteiger partial charge in [0.1, 0.15) is 6.04 Å². The summed E-state index contributed by atoms with van der Waals surface area (Å²) in [5, 5.41) is 15.6. The van der Waals surface area contributed by atoms with Gasteiger partial charge in [-0.25, -0.2) is 0 Å². The van der Waals surface area contributed by atoms with Gasteiger partial charge in [0.15, 0.2) is 5.01 Å². The van der Waals surface area contributed by atoms with Gasteiger partial charge in [0.25, 0.3) is 0 Å². The Morgan fingerprint density at radius 2 is 2.23 bits per heavy atom. The van der Waals surface area contributed by atoms with Gasteiger partial charge in [-0.05, 0) is 6.07 Å². The number of halogens is 2. The molecule has 6 nitrogen and oxygen atoms in total. The number of hydrogen-bond donors (Lipinski definition) is 2. The van der Waals surface area contributed by atoms with Gasteiger partial charge in [-0.2, -0.15) is 0 Å². The molecule has 1 saturated heterocycles. The number of ether oxygens (including phenoxy) is 1. The lowest BCUT2D eigenvalue weighted by molar-refractivity contribution is -0.120. The molecule has 22 heavy (non-hydrogen) atoms. The lowest BCUT2D eigenvalue weighted by Crippen LogP contribution is -2.48. The maximum Gasteiger partial charge on any atom is 0.245 e. The molecule has 2 heterocycles. The molecule has 1 fully saturated rings. The zero-order valence-corrected chi connectivity index (χ0v) is 13.8. The highest BCUT2D eigenvalue weighted by Gasteiger charge is 2.22. The predicted molar refractivity (Wildman–Crippen MR) is 88.8 cm³/mol. The number of hydrogen-bond acceptors (Lipinski definition) is 6. The van der Waals surface area contributed by atoms with Gasteiger partial charge in [-0.3, -0.25) is 10.1 Å². The lowest BCUT2D eigenvalue weighted by Gasteiger charge is -2.22. The molecule has 0 radical (unpaired) electrons. The minimum absolute atomic E-state index is 0. The van der Waals surface area contributed by atoms with Crippen molar-refractivity contribution in [1.29, 1.82) is 0 Å². The number of morpholine rings is 1. The molecular formula is C13H14Cl2N4O2S. The monoisotopic (exact) mass is 360 g/mol. The summed E-state index contributed by atoms with van der Waals surface area (Å²) >= 11 is 7.41. The molecule has 9 heteroatoms. The first kappa shape index (κ1) is 17.1. The van der Waals surface area contributed by atoms with Crippen LogP contribution < -0.4 is 10.6 Å². The Balaban J connectivity index is 0.00000176. The third kappa shape index (κ3) is 3.93. The van der Waals surface area contributed by atoms with Crippen LogP contribution in [0.2, 0.25) is 5.02 Å². The molecule has 1 atom stereocenters. The summed E-state index contributed by atoms with van der Waals surface area (Å²) < 4.78 is 5.26. The number of carbonyl (C=O) groups is 1. The Morgan fingerprint density at radius 1 is 1.41 bits per heavy atom. The molecule has 1 amide bonds. The number of carbonyl (C=O) groups excluding carboxylic acids is 1. The van der Waals surface area contributed by atoms with Gasteiger partial charge in [0, 0.05) is 12.1 Å². The van der Waals surface area contributed by atoms with Gasteiger partial charge in [-0.1, -0.05) is 41.1 Å². The molecule has 2 N–H and O–H groups in total. The number of anilines is 1. The van der Waals surface area contributed by atoms with E-state index in [-0.39, 0.29) is 24.4 Å². The zero-order valence-electron chi connectivity index (χ0n) is 11.4. The number of rotatable bonds is 3. The highest BCUT2D eigenvalue weighted by Crippen LogP contribution is 2.31. The van der Waals surface area contributed by atoms with Crippen LogP contribution in [-0.4, -0.2) is 41.9 Å². The van der Waals surface area contributed by atoms with Crippen LogP contribution in [-0.2, 0) is 9.53 Å². The van der Waals surface area contributed by atoms with Gasteiger partial charge >= 0.3 is 0 Å². The average molecular weight is 361 g/mol. The first-order chi connectivity index (χ1) is 10.2. The van der Waals surface area contributed by atoms with Gasteiger partial charge < -0.3 is 10.1 Å². The van der Waals surface area contributed by atoms with E-state index >= 15 is 0 Å². The summed E-state index contributed by atoms with van der Waals surface area (Å²) in [7, 11) is 0. The van der Waals surface area contributed by atoms with Crippen LogP contribution in [0.15, 0.2) is 24.3 Å². The standard InChI is InChI=1S/C13H13ClN4O2S.ClH/c14-9-4-2-1-3-8(9)12-17-18-13(21-12)16-11(19)10-7-20-6-5-15-10;/h1-4,10,15H,5-7H2,(H,16,18,19);1H. The molecule has 1 aromatic carbocycles. The van der Waals surface area contributed by atoms with Crippen LogP contribution in [0.4, 0.5) is 5.13 Å². The number of benzene rings is 1. The van der Waals surface area contributed by atoms with E-state index in [0.717, 1.165) is 5.56 Å². The van der Waals surface area contributed by atoms with Gasteiger partial charge in [0.2, 0.25) is 11.0 Å². The number of nitrogens with one attached hydrogen (secondary N) is 2. The summed E-state index contributed by atoms with van der Waals surface area (Å²) in [6, 6.07) is 7.03. The second-order valence-corrected chi connectivity index (χ2v) is 5.85. The number of amides is 1. The van der Waals surface area contributed by atoms with Crippen LogP contribution in [0.1, 0.15) is 0 Å². The third-order valence-electron chi connectivity index (χ3n) is 3.00. The Labute approximate surface area is 142 Å². The normalized spacial score (nSPS) is 17.6. The first-order valence-corrected chi connectivity index (χ1v) is 7.64. The lowest BCUT2D eigenvalue weighted by atomic mass is 10.2. The van der Waals surface area contributed by atoms with E-state index in [0.29, 0.717) is 34.9 Å². The quantitative estimate of drug-likeness (QED) is 0.877. The summed E-state index contributed by atoms with van der Waals surface area (Å²) in [6.07, 6.45) is 0. The molecule has 1 unspecified atom stereocenters. The number of nitrogens with zero attached hydrogens (tertiary/aromatic N) is 2. The van der Waals surface area contributed by atoms with E-state index < -0.39 is 0 Å². The summed E-state index contributed by atoms with van der Waals surface area (Å²) in [5.41, 5.74) is 0.802. The van der Waals surface area contributed by atoms with Crippen LogP contribution in [0.3, 0.4) is 0 Å². The molecule has 118 valence electrons. The van der Waals surface area contributed by atoms with Crippen molar-refractivity contribution in [2.75, 3.05) is 25.1 Å². The zero-order chi connectivity index (χ0) is 14.7. The van der Waals surface area contributed by atoms with Crippen molar-refractivity contribution >= 4 is 46.4 Å². The molecule has 1 aliphatic rings. The van der Waals surface area contributed by atoms with Crippen molar-refractivity contribution in [3.8, 4) is 10.6 Å². The second-order valence-electron chi connectivity index (χ2n) is 4.46. The van der Waals surface area contributed by atoms with Crippen molar-refractivity contribution in [2.45, 2.75) is 6.04 Å². The maximum absolute atomic E-state index is 12.0. The molecule has 1 aromatic heterocycles. The van der Waals surface area contributed by atoms with E-state index in [1.165, 1.54) is 11.3 Å². The minimum atomic E-state index is -0.355. The van der Waals surface area contributed by atoms with Crippen LogP contribution in [0, 0.1) is 0 Å². The summed E-state index contributed by atoms with van der Waals surface area (Å²) in [5.74, 6) is -0.170. The Kier molecular flexibility index (Phi) is 6.10. The van der Waals surface area contributed by atoms with E-state index in [4.69, 9.17) is 16.3 Å². The molecule has 0 spiro atoms. The molecule has 1 aliphatic heterocycles. The predicted octanol–water partition coefficient (Wildman–Crippen LogP) is 2.21. The van der Waals surface area contributed by atoms with Crippen LogP contribution in [0.5, 0.6) is 0 Å². The van der Waals surface area contributed by atoms with Crippen LogP contribution >= 0.6 is 35.3 Å². The number of aromatic nitrogens is 2. The summed E-state index contributed by atoms with van der Waals surface area (Å²) in [6.45, 7) is 1.65. The molecule has 0 bridgehead atoms. The van der Waals surface area contributed by atoms with E-state index in [1.54, 1.807) is 6.07 Å². The van der Waals surface area contributed by atoms with Crippen molar-refractivity contribution in [2.24, 2.45) is 0 Å². The average Bonchev–Trinajstić information content (AvgIpc) is 2.97. The Bertz CT molecular complexity index is 646. The summed E-state index contributed by atoms with van der Waals surface area (Å²) in [4.78, 5) is 12.0. The molecular weight excluding hydrogens is 347 g/mol. The molecule has 0 aliphatic carbocycles.